The van der Waals surface area contributed by atoms with E-state index in [-0.39, 0.29) is 0 Å². The number of imidazole rings is 1. The number of hydrogen-bond donors (Lipinski definition) is 1. The number of hydrogen-bond acceptors (Lipinski definition) is 3. The standard InChI is InChI=1S/C28H29N3O/c32-25(22-13-5-1-6-14-22)21-31-27(24-17-9-3-10-18-24)26(23-15-7-2-8-16-23)29-28(31)30-19-11-4-12-20-30/h1-3,5-10,13-18,25,32H,4,11-12,19-21H2. The molecule has 0 saturated carbocycles. The van der Waals surface area contributed by atoms with Crippen LogP contribution in [-0.2, 0) is 6.54 Å². The van der Waals surface area contributed by atoms with Crippen molar-refractivity contribution in [3.05, 3.63) is 96.6 Å². The third-order valence-electron chi connectivity index (χ3n) is 6.22. The van der Waals surface area contributed by atoms with Crippen molar-refractivity contribution in [3.63, 3.8) is 0 Å². The predicted molar refractivity (Wildman–Crippen MR) is 131 cm³/mol. The van der Waals surface area contributed by atoms with Crippen LogP contribution >= 0.6 is 0 Å². The summed E-state index contributed by atoms with van der Waals surface area (Å²) in [6.45, 7) is 2.46. The Morgan fingerprint density at radius 3 is 1.91 bits per heavy atom. The van der Waals surface area contributed by atoms with Crippen molar-refractivity contribution < 1.29 is 5.11 Å². The summed E-state index contributed by atoms with van der Waals surface area (Å²) >= 11 is 0. The molecule has 3 aromatic carbocycles. The lowest BCUT2D eigenvalue weighted by atomic mass is 10.0. The van der Waals surface area contributed by atoms with Crippen molar-refractivity contribution in [1.82, 2.24) is 9.55 Å². The minimum atomic E-state index is -0.611. The highest BCUT2D eigenvalue weighted by atomic mass is 16.3. The van der Waals surface area contributed by atoms with Crippen molar-refractivity contribution in [1.29, 1.82) is 0 Å². The molecule has 0 spiro atoms. The Morgan fingerprint density at radius 2 is 1.28 bits per heavy atom. The van der Waals surface area contributed by atoms with Gasteiger partial charge in [-0.05, 0) is 24.8 Å². The molecule has 0 aliphatic carbocycles. The van der Waals surface area contributed by atoms with E-state index >= 15 is 0 Å². The maximum atomic E-state index is 11.2. The molecular weight excluding hydrogens is 394 g/mol. The van der Waals surface area contributed by atoms with Crippen molar-refractivity contribution in [2.24, 2.45) is 0 Å². The fourth-order valence-electron chi connectivity index (χ4n) is 4.59. The minimum Gasteiger partial charge on any atom is -0.387 e. The third kappa shape index (κ3) is 4.19. The molecule has 1 aliphatic rings. The number of aromatic nitrogens is 2. The Kier molecular flexibility index (Phi) is 6.04. The zero-order chi connectivity index (χ0) is 21.8. The number of aliphatic hydroxyl groups is 1. The van der Waals surface area contributed by atoms with Gasteiger partial charge in [0.1, 0.15) is 0 Å². The Labute approximate surface area is 189 Å². The molecule has 1 atom stereocenters. The van der Waals surface area contributed by atoms with Gasteiger partial charge in [-0.15, -0.1) is 0 Å². The number of benzene rings is 3. The molecule has 162 valence electrons. The summed E-state index contributed by atoms with van der Waals surface area (Å²) < 4.78 is 2.24. The Balaban J connectivity index is 1.68. The second-order valence-corrected chi connectivity index (χ2v) is 8.43. The molecule has 2 heterocycles. The van der Waals surface area contributed by atoms with Crippen LogP contribution in [0.2, 0.25) is 0 Å². The van der Waals surface area contributed by atoms with E-state index in [1.165, 1.54) is 19.3 Å². The number of anilines is 1. The third-order valence-corrected chi connectivity index (χ3v) is 6.22. The van der Waals surface area contributed by atoms with Crippen LogP contribution in [0.15, 0.2) is 91.0 Å². The second-order valence-electron chi connectivity index (χ2n) is 8.43. The van der Waals surface area contributed by atoms with E-state index in [2.05, 4.69) is 58.0 Å². The largest absolute Gasteiger partial charge is 0.387 e. The van der Waals surface area contributed by atoms with Gasteiger partial charge in [-0.25, -0.2) is 4.98 Å². The first-order valence-corrected chi connectivity index (χ1v) is 11.5. The monoisotopic (exact) mass is 423 g/mol. The topological polar surface area (TPSA) is 41.3 Å². The number of piperidine rings is 1. The molecule has 32 heavy (non-hydrogen) atoms. The van der Waals surface area contributed by atoms with E-state index in [9.17, 15) is 5.11 Å². The van der Waals surface area contributed by atoms with Crippen LogP contribution in [-0.4, -0.2) is 27.7 Å². The Morgan fingerprint density at radius 1 is 0.719 bits per heavy atom. The maximum absolute atomic E-state index is 11.2. The summed E-state index contributed by atoms with van der Waals surface area (Å²) in [4.78, 5) is 7.59. The van der Waals surface area contributed by atoms with Crippen LogP contribution < -0.4 is 4.90 Å². The lowest BCUT2D eigenvalue weighted by Crippen LogP contribution is -2.32. The molecule has 0 bridgehead atoms. The van der Waals surface area contributed by atoms with Crippen LogP contribution in [0.1, 0.15) is 30.9 Å². The predicted octanol–water partition coefficient (Wildman–Crippen LogP) is 5.94. The SMILES string of the molecule is OC(Cn1c(N2CCCCC2)nc(-c2ccccc2)c1-c1ccccc1)c1ccccc1. The molecule has 1 aromatic heterocycles. The van der Waals surface area contributed by atoms with Gasteiger partial charge in [0.15, 0.2) is 0 Å². The van der Waals surface area contributed by atoms with Gasteiger partial charge >= 0.3 is 0 Å². The molecule has 0 amide bonds. The van der Waals surface area contributed by atoms with E-state index in [0.29, 0.717) is 6.54 Å². The highest BCUT2D eigenvalue weighted by Gasteiger charge is 2.26. The fourth-order valence-corrected chi connectivity index (χ4v) is 4.59. The molecule has 1 unspecified atom stereocenters. The van der Waals surface area contributed by atoms with Crippen LogP contribution in [0.5, 0.6) is 0 Å². The number of nitrogens with zero attached hydrogens (tertiary/aromatic N) is 3. The molecule has 1 aliphatic heterocycles. The van der Waals surface area contributed by atoms with Gasteiger partial charge in [-0.2, -0.15) is 0 Å². The molecule has 1 saturated heterocycles. The minimum absolute atomic E-state index is 0.458. The van der Waals surface area contributed by atoms with E-state index in [1.807, 2.05) is 42.5 Å². The van der Waals surface area contributed by atoms with Gasteiger partial charge in [0, 0.05) is 24.2 Å². The zero-order valence-electron chi connectivity index (χ0n) is 18.3. The second kappa shape index (κ2) is 9.41. The van der Waals surface area contributed by atoms with E-state index < -0.39 is 6.10 Å². The first-order valence-electron chi connectivity index (χ1n) is 11.5. The summed E-state index contributed by atoms with van der Waals surface area (Å²) in [5.41, 5.74) is 5.16. The van der Waals surface area contributed by atoms with Crippen molar-refractivity contribution >= 4 is 5.95 Å². The first kappa shape index (κ1) is 20.5. The normalized spacial score (nSPS) is 15.0. The molecule has 1 fully saturated rings. The van der Waals surface area contributed by atoms with Crippen LogP contribution in [0.4, 0.5) is 5.95 Å². The molecule has 4 aromatic rings. The molecule has 5 rings (SSSR count). The number of rotatable bonds is 6. The summed E-state index contributed by atoms with van der Waals surface area (Å²) in [5, 5.41) is 11.2. The Hall–Kier alpha value is -3.37. The summed E-state index contributed by atoms with van der Waals surface area (Å²) in [7, 11) is 0. The summed E-state index contributed by atoms with van der Waals surface area (Å²) in [5.74, 6) is 0.956. The summed E-state index contributed by atoms with van der Waals surface area (Å²) in [6.07, 6.45) is 3.01. The van der Waals surface area contributed by atoms with Gasteiger partial charge < -0.3 is 14.6 Å². The molecular formula is C28H29N3O. The maximum Gasteiger partial charge on any atom is 0.206 e. The highest BCUT2D eigenvalue weighted by molar-refractivity contribution is 5.81. The quantitative estimate of drug-likeness (QED) is 0.417. The van der Waals surface area contributed by atoms with Crippen LogP contribution in [0, 0.1) is 0 Å². The van der Waals surface area contributed by atoms with Crippen molar-refractivity contribution in [3.8, 4) is 22.5 Å². The fraction of sp³-hybridized carbons (Fsp3) is 0.250. The van der Waals surface area contributed by atoms with Crippen LogP contribution in [0.25, 0.3) is 22.5 Å². The Bertz CT molecular complexity index is 1130. The number of aliphatic hydroxyl groups excluding tert-OH is 1. The van der Waals surface area contributed by atoms with Crippen molar-refractivity contribution in [2.75, 3.05) is 18.0 Å². The lowest BCUT2D eigenvalue weighted by Gasteiger charge is -2.29. The zero-order valence-corrected chi connectivity index (χ0v) is 18.3. The summed E-state index contributed by atoms with van der Waals surface area (Å²) in [6, 6.07) is 30.7. The van der Waals surface area contributed by atoms with E-state index in [0.717, 1.165) is 47.1 Å². The van der Waals surface area contributed by atoms with Crippen LogP contribution in [0.3, 0.4) is 0 Å². The first-order chi connectivity index (χ1) is 15.8. The van der Waals surface area contributed by atoms with Gasteiger partial charge in [-0.1, -0.05) is 91.0 Å². The molecule has 4 heteroatoms. The van der Waals surface area contributed by atoms with Gasteiger partial charge in [-0.3, -0.25) is 0 Å². The average molecular weight is 424 g/mol. The lowest BCUT2D eigenvalue weighted by molar-refractivity contribution is 0.157. The van der Waals surface area contributed by atoms with Gasteiger partial charge in [0.05, 0.1) is 24.0 Å². The molecule has 4 nitrogen and oxygen atoms in total. The van der Waals surface area contributed by atoms with Gasteiger partial charge in [0.25, 0.3) is 0 Å². The smallest absolute Gasteiger partial charge is 0.206 e. The average Bonchev–Trinajstić information content (AvgIpc) is 3.25. The van der Waals surface area contributed by atoms with E-state index in [1.54, 1.807) is 0 Å². The van der Waals surface area contributed by atoms with Crippen molar-refractivity contribution in [2.45, 2.75) is 31.9 Å². The highest BCUT2D eigenvalue weighted by Crippen LogP contribution is 2.37. The molecule has 0 radical (unpaired) electrons. The van der Waals surface area contributed by atoms with Gasteiger partial charge in [0.2, 0.25) is 5.95 Å². The van der Waals surface area contributed by atoms with E-state index in [4.69, 9.17) is 4.98 Å². The molecule has 1 N–H and O–H groups in total.